The molecule has 0 saturated carbocycles. The molecule has 1 aromatic heterocycles. The van der Waals surface area contributed by atoms with Crippen LogP contribution in [0.5, 0.6) is 5.75 Å². The van der Waals surface area contributed by atoms with Crippen LogP contribution in [0.3, 0.4) is 0 Å². The number of rotatable bonds is 6. The van der Waals surface area contributed by atoms with E-state index in [-0.39, 0.29) is 11.8 Å². The third-order valence-electron chi connectivity index (χ3n) is 6.25. The van der Waals surface area contributed by atoms with Gasteiger partial charge in [-0.3, -0.25) is 4.79 Å². The Kier molecular flexibility index (Phi) is 5.39. The van der Waals surface area contributed by atoms with Crippen molar-refractivity contribution in [1.82, 2.24) is 9.55 Å². The first-order valence-electron chi connectivity index (χ1n) is 11.1. The van der Waals surface area contributed by atoms with Crippen molar-refractivity contribution in [2.24, 2.45) is 0 Å². The Balaban J connectivity index is 1.42. The molecule has 1 aliphatic heterocycles. The summed E-state index contributed by atoms with van der Waals surface area (Å²) in [7, 11) is 0. The quantitative estimate of drug-likeness (QED) is 0.424. The van der Waals surface area contributed by atoms with Crippen LogP contribution in [0.1, 0.15) is 29.3 Å². The van der Waals surface area contributed by atoms with Gasteiger partial charge in [-0.15, -0.1) is 0 Å². The fraction of sp³-hybridized carbons (Fsp3) is 0.259. The van der Waals surface area contributed by atoms with Gasteiger partial charge in [0, 0.05) is 24.6 Å². The second-order valence-electron chi connectivity index (χ2n) is 8.42. The largest absolute Gasteiger partial charge is 0.491 e. The second-order valence-corrected chi connectivity index (χ2v) is 8.42. The van der Waals surface area contributed by atoms with E-state index in [1.54, 1.807) is 0 Å². The van der Waals surface area contributed by atoms with Gasteiger partial charge >= 0.3 is 0 Å². The zero-order valence-corrected chi connectivity index (χ0v) is 18.5. The number of imidazole rings is 1. The van der Waals surface area contributed by atoms with Crippen LogP contribution in [0, 0.1) is 13.8 Å². The molecule has 0 spiro atoms. The third kappa shape index (κ3) is 3.75. The first-order valence-corrected chi connectivity index (χ1v) is 11.1. The van der Waals surface area contributed by atoms with E-state index in [4.69, 9.17) is 9.72 Å². The zero-order chi connectivity index (χ0) is 22.1. The number of ether oxygens (including phenoxy) is 1. The molecule has 0 radical (unpaired) electrons. The second kappa shape index (κ2) is 8.50. The highest BCUT2D eigenvalue weighted by Crippen LogP contribution is 2.34. The van der Waals surface area contributed by atoms with E-state index < -0.39 is 0 Å². The molecular formula is C27H27N3O2. The van der Waals surface area contributed by atoms with E-state index in [2.05, 4.69) is 23.6 Å². The molecule has 0 aliphatic carbocycles. The summed E-state index contributed by atoms with van der Waals surface area (Å²) < 4.78 is 8.31. The van der Waals surface area contributed by atoms with Gasteiger partial charge in [0.1, 0.15) is 18.2 Å². The summed E-state index contributed by atoms with van der Waals surface area (Å²) in [6.07, 6.45) is 0.469. The van der Waals surface area contributed by atoms with Crippen LogP contribution >= 0.6 is 0 Å². The van der Waals surface area contributed by atoms with Gasteiger partial charge < -0.3 is 14.2 Å². The molecular weight excluding hydrogens is 398 g/mol. The lowest BCUT2D eigenvalue weighted by molar-refractivity contribution is -0.117. The van der Waals surface area contributed by atoms with Crippen molar-refractivity contribution in [3.8, 4) is 5.75 Å². The summed E-state index contributed by atoms with van der Waals surface area (Å²) in [6, 6.07) is 24.3. The van der Waals surface area contributed by atoms with Crippen LogP contribution in [0.2, 0.25) is 0 Å². The molecule has 32 heavy (non-hydrogen) atoms. The number of aromatic nitrogens is 2. The van der Waals surface area contributed by atoms with Crippen molar-refractivity contribution < 1.29 is 9.53 Å². The molecule has 5 rings (SSSR count). The maximum atomic E-state index is 12.9. The van der Waals surface area contributed by atoms with Gasteiger partial charge in [-0.1, -0.05) is 48.5 Å². The third-order valence-corrected chi connectivity index (χ3v) is 6.25. The normalized spacial score (nSPS) is 16.1. The van der Waals surface area contributed by atoms with E-state index in [0.717, 1.165) is 39.4 Å². The Labute approximate surface area is 188 Å². The number of anilines is 1. The van der Waals surface area contributed by atoms with Gasteiger partial charge in [-0.2, -0.15) is 0 Å². The van der Waals surface area contributed by atoms with Crippen molar-refractivity contribution in [1.29, 1.82) is 0 Å². The van der Waals surface area contributed by atoms with Crippen molar-refractivity contribution in [2.45, 2.75) is 32.7 Å². The van der Waals surface area contributed by atoms with Crippen molar-refractivity contribution in [3.05, 3.63) is 89.7 Å². The lowest BCUT2D eigenvalue weighted by atomic mass is 10.1. The van der Waals surface area contributed by atoms with Crippen LogP contribution in [0.25, 0.3) is 11.0 Å². The fourth-order valence-electron chi connectivity index (χ4n) is 4.59. The minimum Gasteiger partial charge on any atom is -0.491 e. The van der Waals surface area contributed by atoms with Crippen molar-refractivity contribution in [3.63, 3.8) is 0 Å². The highest BCUT2D eigenvalue weighted by molar-refractivity contribution is 5.97. The van der Waals surface area contributed by atoms with E-state index >= 15 is 0 Å². The van der Waals surface area contributed by atoms with Crippen molar-refractivity contribution in [2.75, 3.05) is 18.1 Å². The van der Waals surface area contributed by atoms with Gasteiger partial charge in [0.2, 0.25) is 5.91 Å². The Morgan fingerprint density at radius 2 is 1.66 bits per heavy atom. The molecule has 1 aliphatic rings. The summed E-state index contributed by atoms with van der Waals surface area (Å²) in [6.45, 7) is 5.97. The van der Waals surface area contributed by atoms with Crippen LogP contribution in [-0.4, -0.2) is 28.6 Å². The molecule has 162 valence electrons. The average Bonchev–Trinajstić information content (AvgIpc) is 3.36. The number of aryl methyl sites for hydroxylation is 2. The lowest BCUT2D eigenvalue weighted by Gasteiger charge is -2.19. The van der Waals surface area contributed by atoms with E-state index in [0.29, 0.717) is 26.1 Å². The molecule has 2 heterocycles. The van der Waals surface area contributed by atoms with Gasteiger partial charge in [0.05, 0.1) is 17.6 Å². The number of hydrogen-bond donors (Lipinski definition) is 0. The molecule has 0 bridgehead atoms. The SMILES string of the molecule is Cc1ccccc1OCCn1c(C2CC(=O)N(c3ccccc3C)C2)nc2ccccc21. The lowest BCUT2D eigenvalue weighted by Crippen LogP contribution is -2.25. The zero-order valence-electron chi connectivity index (χ0n) is 18.5. The number of carbonyl (C=O) groups is 1. The Morgan fingerprint density at radius 1 is 0.938 bits per heavy atom. The predicted octanol–water partition coefficient (Wildman–Crippen LogP) is 5.25. The van der Waals surface area contributed by atoms with Gasteiger partial charge in [0.15, 0.2) is 0 Å². The minimum absolute atomic E-state index is 0.0490. The first-order chi connectivity index (χ1) is 15.6. The summed E-state index contributed by atoms with van der Waals surface area (Å²) in [5.41, 5.74) is 5.27. The fourth-order valence-corrected chi connectivity index (χ4v) is 4.59. The average molecular weight is 426 g/mol. The standard InChI is InChI=1S/C27H27N3O2/c1-19-9-3-6-12-23(19)30-18-21(17-26(30)31)27-28-22-11-5-7-13-24(22)29(27)15-16-32-25-14-8-4-10-20(25)2/h3-14,21H,15-18H2,1-2H3. The molecule has 1 fully saturated rings. The smallest absolute Gasteiger partial charge is 0.227 e. The number of fused-ring (bicyclic) bond motifs is 1. The van der Waals surface area contributed by atoms with Crippen LogP contribution in [0.4, 0.5) is 5.69 Å². The van der Waals surface area contributed by atoms with Crippen LogP contribution in [-0.2, 0) is 11.3 Å². The molecule has 4 aromatic rings. The molecule has 3 aromatic carbocycles. The van der Waals surface area contributed by atoms with E-state index in [9.17, 15) is 4.79 Å². The summed E-state index contributed by atoms with van der Waals surface area (Å²) in [5, 5.41) is 0. The first kappa shape index (κ1) is 20.3. The maximum Gasteiger partial charge on any atom is 0.227 e. The number of hydrogen-bond acceptors (Lipinski definition) is 3. The highest BCUT2D eigenvalue weighted by Gasteiger charge is 2.35. The number of carbonyl (C=O) groups excluding carboxylic acids is 1. The van der Waals surface area contributed by atoms with Gasteiger partial charge in [0.25, 0.3) is 0 Å². The summed E-state index contributed by atoms with van der Waals surface area (Å²) in [5.74, 6) is 2.07. The van der Waals surface area contributed by atoms with Crippen LogP contribution < -0.4 is 9.64 Å². The Bertz CT molecular complexity index is 1280. The summed E-state index contributed by atoms with van der Waals surface area (Å²) >= 11 is 0. The molecule has 0 N–H and O–H groups in total. The topological polar surface area (TPSA) is 47.4 Å². The predicted molar refractivity (Wildman–Crippen MR) is 127 cm³/mol. The number of para-hydroxylation sites is 4. The van der Waals surface area contributed by atoms with E-state index in [1.807, 2.05) is 72.5 Å². The molecule has 1 atom stereocenters. The monoisotopic (exact) mass is 425 g/mol. The highest BCUT2D eigenvalue weighted by atomic mass is 16.5. The Morgan fingerprint density at radius 3 is 2.47 bits per heavy atom. The molecule has 5 heteroatoms. The summed E-state index contributed by atoms with van der Waals surface area (Å²) in [4.78, 5) is 19.8. The number of amides is 1. The maximum absolute atomic E-state index is 12.9. The molecule has 1 amide bonds. The van der Waals surface area contributed by atoms with E-state index in [1.165, 1.54) is 0 Å². The number of nitrogens with zero attached hydrogens (tertiary/aromatic N) is 3. The van der Waals surface area contributed by atoms with Gasteiger partial charge in [-0.05, 0) is 49.2 Å². The van der Waals surface area contributed by atoms with Crippen LogP contribution in [0.15, 0.2) is 72.8 Å². The minimum atomic E-state index is 0.0490. The van der Waals surface area contributed by atoms with Crippen molar-refractivity contribution >= 4 is 22.6 Å². The van der Waals surface area contributed by atoms with Gasteiger partial charge in [-0.25, -0.2) is 4.98 Å². The number of benzene rings is 3. The molecule has 5 nitrogen and oxygen atoms in total. The molecule has 1 saturated heterocycles. The molecule has 1 unspecified atom stereocenters. The Hall–Kier alpha value is -3.60.